The number of fused-ring (bicyclic) bond motifs is 1. The lowest BCUT2D eigenvalue weighted by atomic mass is 9.84. The fraction of sp³-hybridized carbons (Fsp3) is 0.519. The minimum atomic E-state index is 0.0378. The van der Waals surface area contributed by atoms with Gasteiger partial charge in [-0.1, -0.05) is 6.07 Å². The smallest absolute Gasteiger partial charge is 0.263 e. The van der Waals surface area contributed by atoms with Crippen LogP contribution in [0.5, 0.6) is 0 Å². The number of benzene rings is 2. The third-order valence-corrected chi connectivity index (χ3v) is 8.56. The summed E-state index contributed by atoms with van der Waals surface area (Å²) < 4.78 is 7.25. The highest BCUT2D eigenvalue weighted by Crippen LogP contribution is 2.36. The molecule has 0 bridgehead atoms. The van der Waals surface area contributed by atoms with Gasteiger partial charge in [-0.2, -0.15) is 0 Å². The molecule has 7 heteroatoms. The normalized spacial score (nSPS) is 21.3. The first-order valence-electron chi connectivity index (χ1n) is 12.5. The maximum atomic E-state index is 13.4. The van der Waals surface area contributed by atoms with Crippen molar-refractivity contribution in [3.63, 3.8) is 0 Å². The number of hydrogen-bond acceptors (Lipinski definition) is 5. The van der Waals surface area contributed by atoms with E-state index in [1.54, 1.807) is 3.93 Å². The molecule has 1 amide bonds. The van der Waals surface area contributed by atoms with Crippen LogP contribution in [0.2, 0.25) is 0 Å². The second kappa shape index (κ2) is 10.3. The molecule has 2 fully saturated rings. The van der Waals surface area contributed by atoms with E-state index < -0.39 is 0 Å². The fourth-order valence-corrected chi connectivity index (χ4v) is 6.04. The van der Waals surface area contributed by atoms with Crippen LogP contribution in [0.3, 0.4) is 0 Å². The van der Waals surface area contributed by atoms with Crippen LogP contribution in [0, 0.1) is 6.92 Å². The van der Waals surface area contributed by atoms with Gasteiger partial charge in [-0.25, -0.2) is 0 Å². The molecule has 2 aromatic carbocycles. The topological polar surface area (TPSA) is 39.3 Å². The molecule has 1 aliphatic carbocycles. The summed E-state index contributed by atoms with van der Waals surface area (Å²) in [5.41, 5.74) is 7.53. The second-order valence-electron chi connectivity index (χ2n) is 9.81. The van der Waals surface area contributed by atoms with Crippen molar-refractivity contribution < 1.29 is 9.53 Å². The monoisotopic (exact) mass is 526 g/mol. The molecule has 182 valence electrons. The third kappa shape index (κ3) is 4.83. The predicted molar refractivity (Wildman–Crippen MR) is 141 cm³/mol. The lowest BCUT2D eigenvalue weighted by Gasteiger charge is -2.38. The molecule has 0 radical (unpaired) electrons. The van der Waals surface area contributed by atoms with Crippen LogP contribution < -0.4 is 9.80 Å². The molecule has 0 aromatic heterocycles. The van der Waals surface area contributed by atoms with Crippen LogP contribution in [-0.2, 0) is 17.6 Å². The molecule has 0 unspecified atom stereocenters. The average molecular weight is 528 g/mol. The van der Waals surface area contributed by atoms with Gasteiger partial charge in [-0.05, 0) is 80.3 Å². The number of halogens is 1. The molecule has 3 aliphatic rings. The van der Waals surface area contributed by atoms with E-state index in [1.165, 1.54) is 22.4 Å². The van der Waals surface area contributed by atoms with Crippen molar-refractivity contribution in [3.8, 4) is 0 Å². The van der Waals surface area contributed by atoms with Crippen molar-refractivity contribution in [1.82, 2.24) is 8.83 Å². The van der Waals surface area contributed by atoms with Crippen molar-refractivity contribution >= 4 is 33.4 Å². The molecule has 2 heterocycles. The number of anilines is 2. The van der Waals surface area contributed by atoms with E-state index in [-0.39, 0.29) is 11.9 Å². The van der Waals surface area contributed by atoms with Crippen molar-refractivity contribution in [1.29, 1.82) is 0 Å². The minimum absolute atomic E-state index is 0.0378. The maximum Gasteiger partial charge on any atom is 0.263 e. The third-order valence-electron chi connectivity index (χ3n) is 7.66. The molecule has 0 N–H and O–H groups in total. The Kier molecular flexibility index (Phi) is 7.14. The van der Waals surface area contributed by atoms with Gasteiger partial charge >= 0.3 is 0 Å². The number of aryl methyl sites for hydroxylation is 1. The van der Waals surface area contributed by atoms with Crippen LogP contribution in [0.25, 0.3) is 0 Å². The Hall–Kier alpha value is -2.09. The largest absolute Gasteiger partial charge is 0.378 e. The first-order valence-corrected chi connectivity index (χ1v) is 13.2. The molecule has 5 rings (SSSR count). The van der Waals surface area contributed by atoms with Crippen molar-refractivity contribution in [2.24, 2.45) is 0 Å². The summed E-state index contributed by atoms with van der Waals surface area (Å²) in [6.45, 7) is 9.84. The van der Waals surface area contributed by atoms with E-state index in [2.05, 4.69) is 69.1 Å². The maximum absolute atomic E-state index is 13.4. The number of carbonyl (C=O) groups excluding carboxylic acids is 1. The number of ether oxygens (including phenoxy) is 1. The van der Waals surface area contributed by atoms with Gasteiger partial charge in [0.15, 0.2) is 0 Å². The van der Waals surface area contributed by atoms with E-state index in [0.717, 1.165) is 83.0 Å². The molecule has 2 aromatic rings. The summed E-state index contributed by atoms with van der Waals surface area (Å²) in [5.74, 6) is 0.0378. The average Bonchev–Trinajstić information content (AvgIpc) is 2.89. The van der Waals surface area contributed by atoms with Crippen LogP contribution >= 0.6 is 16.1 Å². The van der Waals surface area contributed by atoms with E-state index in [1.807, 2.05) is 12.1 Å². The Labute approximate surface area is 211 Å². The minimum Gasteiger partial charge on any atom is -0.378 e. The highest BCUT2D eigenvalue weighted by molar-refractivity contribution is 9.07. The number of nitrogens with zero attached hydrogens (tertiary/aromatic N) is 4. The van der Waals surface area contributed by atoms with E-state index in [0.29, 0.717) is 0 Å². The Morgan fingerprint density at radius 1 is 0.941 bits per heavy atom. The van der Waals surface area contributed by atoms with E-state index in [9.17, 15) is 4.79 Å². The van der Waals surface area contributed by atoms with Crippen molar-refractivity contribution in [3.05, 3.63) is 58.7 Å². The molecule has 34 heavy (non-hydrogen) atoms. The van der Waals surface area contributed by atoms with Gasteiger partial charge in [-0.15, -0.1) is 0 Å². The van der Waals surface area contributed by atoms with Gasteiger partial charge in [0, 0.05) is 62.2 Å². The molecule has 6 nitrogen and oxygen atoms in total. The van der Waals surface area contributed by atoms with Crippen LogP contribution in [-0.4, -0.2) is 80.3 Å². The lowest BCUT2D eigenvalue weighted by molar-refractivity contribution is 0.0836. The summed E-state index contributed by atoms with van der Waals surface area (Å²) in [6.07, 6.45) is 2.88. The fourth-order valence-electron chi connectivity index (χ4n) is 5.48. The zero-order valence-electron chi connectivity index (χ0n) is 20.3. The van der Waals surface area contributed by atoms with Gasteiger partial charge in [0.05, 0.1) is 29.4 Å². The summed E-state index contributed by atoms with van der Waals surface area (Å²) in [5, 5.41) is 0. The number of rotatable bonds is 4. The Bertz CT molecular complexity index is 1010. The summed E-state index contributed by atoms with van der Waals surface area (Å²) >= 11 is 3.67. The summed E-state index contributed by atoms with van der Waals surface area (Å²) in [7, 11) is 2.19. The number of carbonyl (C=O) groups is 1. The van der Waals surface area contributed by atoms with Gasteiger partial charge in [-0.3, -0.25) is 8.72 Å². The quantitative estimate of drug-likeness (QED) is 0.565. The van der Waals surface area contributed by atoms with Crippen LogP contribution in [0.1, 0.15) is 33.5 Å². The number of amides is 1. The zero-order chi connectivity index (χ0) is 23.7. The highest BCUT2D eigenvalue weighted by Gasteiger charge is 2.31. The number of piperazine rings is 1. The Balaban J connectivity index is 1.31. The first-order chi connectivity index (χ1) is 16.5. The van der Waals surface area contributed by atoms with Crippen molar-refractivity contribution in [2.75, 3.05) is 69.3 Å². The van der Waals surface area contributed by atoms with Gasteiger partial charge in [0.25, 0.3) is 5.91 Å². The summed E-state index contributed by atoms with van der Waals surface area (Å²) in [4.78, 5) is 20.6. The van der Waals surface area contributed by atoms with Crippen LogP contribution in [0.15, 0.2) is 36.4 Å². The standard InChI is InChI=1S/C27H35BrN4O2/c1-20-3-10-26(31-13-11-29(2)12-14-31)25-19-23(8-9-24(20)25)32(28)27(33)21-4-6-22(7-5-21)30-15-17-34-18-16-30/h3-7,10,23H,8-9,11-19H2,1-2H3/t23-/m1/s1. The number of hydrogen-bond donors (Lipinski definition) is 0. The van der Waals surface area contributed by atoms with Gasteiger partial charge in [0.1, 0.15) is 0 Å². The number of likely N-dealkylation sites (N-methyl/N-ethyl adjacent to an activating group) is 1. The molecule has 2 aliphatic heterocycles. The lowest BCUT2D eigenvalue weighted by Crippen LogP contribution is -2.45. The number of morpholine rings is 1. The van der Waals surface area contributed by atoms with Crippen molar-refractivity contribution in [2.45, 2.75) is 32.2 Å². The molecule has 2 saturated heterocycles. The molecular weight excluding hydrogens is 492 g/mol. The van der Waals surface area contributed by atoms with Gasteiger partial charge in [0.2, 0.25) is 0 Å². The molecular formula is C27H35BrN4O2. The molecule has 0 spiro atoms. The highest BCUT2D eigenvalue weighted by atomic mass is 79.9. The Morgan fingerprint density at radius 3 is 2.35 bits per heavy atom. The molecule has 0 saturated carbocycles. The SMILES string of the molecule is Cc1ccc(N2CCN(C)CC2)c2c1CC[C@@H](N(Br)C(=O)c1ccc(N3CCOCC3)cc1)C2. The first kappa shape index (κ1) is 23.6. The molecule has 1 atom stereocenters. The van der Waals surface area contributed by atoms with E-state index >= 15 is 0 Å². The van der Waals surface area contributed by atoms with Crippen LogP contribution in [0.4, 0.5) is 11.4 Å². The zero-order valence-corrected chi connectivity index (χ0v) is 21.9. The second-order valence-corrected chi connectivity index (χ2v) is 10.6. The summed E-state index contributed by atoms with van der Waals surface area (Å²) in [6, 6.07) is 12.8. The van der Waals surface area contributed by atoms with Gasteiger partial charge < -0.3 is 19.4 Å². The Morgan fingerprint density at radius 2 is 1.65 bits per heavy atom. The van der Waals surface area contributed by atoms with E-state index in [4.69, 9.17) is 4.74 Å². The predicted octanol–water partition coefficient (Wildman–Crippen LogP) is 3.89.